The molecule has 0 aliphatic carbocycles. The second-order valence-corrected chi connectivity index (χ2v) is 8.17. The van der Waals surface area contributed by atoms with E-state index in [0.717, 1.165) is 17.5 Å². The van der Waals surface area contributed by atoms with Crippen molar-refractivity contribution in [2.24, 2.45) is 5.73 Å². The molecule has 3 aromatic rings. The third-order valence-electron chi connectivity index (χ3n) is 5.54. The quantitative estimate of drug-likeness (QED) is 0.523. The van der Waals surface area contributed by atoms with Crippen molar-refractivity contribution in [2.75, 3.05) is 6.54 Å². The molecule has 33 heavy (non-hydrogen) atoms. The maximum atomic E-state index is 13.0. The first-order valence-electron chi connectivity index (χ1n) is 10.4. The van der Waals surface area contributed by atoms with E-state index in [1.165, 1.54) is 11.0 Å². The Hall–Kier alpha value is -3.01. The minimum absolute atomic E-state index is 0. The van der Waals surface area contributed by atoms with Gasteiger partial charge >= 0.3 is 0 Å². The summed E-state index contributed by atoms with van der Waals surface area (Å²) in [6, 6.07) is 13.7. The highest BCUT2D eigenvalue weighted by Gasteiger charge is 2.36. The van der Waals surface area contributed by atoms with Crippen LogP contribution in [0.4, 0.5) is 0 Å². The fraction of sp³-hybridized carbons (Fsp3) is 0.318. The number of likely N-dealkylation sites (tertiary alicyclic amines) is 1. The highest BCUT2D eigenvalue weighted by Crippen LogP contribution is 2.21. The second kappa shape index (κ2) is 11.2. The second-order valence-electron chi connectivity index (χ2n) is 7.73. The number of hydrogen-bond donors (Lipinski definition) is 2. The molecule has 4 rings (SSSR count). The van der Waals surface area contributed by atoms with Crippen LogP contribution in [0.25, 0.3) is 5.69 Å². The Kier molecular flexibility index (Phi) is 8.37. The van der Waals surface area contributed by atoms with E-state index in [4.69, 9.17) is 17.3 Å². The number of nitrogens with zero attached hydrogens (tertiary/aromatic N) is 5. The van der Waals surface area contributed by atoms with Gasteiger partial charge in [-0.2, -0.15) is 0 Å². The molecule has 1 saturated heterocycles. The van der Waals surface area contributed by atoms with Gasteiger partial charge in [0.05, 0.1) is 11.7 Å². The van der Waals surface area contributed by atoms with Gasteiger partial charge in [0.25, 0.3) is 0 Å². The van der Waals surface area contributed by atoms with Gasteiger partial charge in [-0.15, -0.1) is 17.5 Å². The lowest BCUT2D eigenvalue weighted by molar-refractivity contribution is -0.139. The number of hydrogen-bond acceptors (Lipinski definition) is 6. The van der Waals surface area contributed by atoms with Gasteiger partial charge in [-0.3, -0.25) is 9.59 Å². The average molecular weight is 490 g/mol. The third kappa shape index (κ3) is 5.87. The van der Waals surface area contributed by atoms with Gasteiger partial charge in [-0.05, 0) is 59.0 Å². The summed E-state index contributed by atoms with van der Waals surface area (Å²) < 4.78 is 1.51. The SMILES string of the molecule is Cl.N[C@H](Cc1ccccc1)C(=O)N1CCC[C@H]1C(=O)NCc1cc(Cl)ccc1-n1cnnn1. The first-order valence-corrected chi connectivity index (χ1v) is 10.8. The van der Waals surface area contributed by atoms with Crippen LogP contribution in [-0.4, -0.2) is 55.5 Å². The van der Waals surface area contributed by atoms with Crippen molar-refractivity contribution in [3.63, 3.8) is 0 Å². The number of rotatable bonds is 7. The Labute approximate surface area is 202 Å². The van der Waals surface area contributed by atoms with Crippen molar-refractivity contribution < 1.29 is 9.59 Å². The van der Waals surface area contributed by atoms with Crippen molar-refractivity contribution in [2.45, 2.75) is 37.9 Å². The molecule has 1 aliphatic rings. The summed E-state index contributed by atoms with van der Waals surface area (Å²) in [5.41, 5.74) is 8.65. The fourth-order valence-corrected chi connectivity index (χ4v) is 4.16. The predicted octanol–water partition coefficient (Wildman–Crippen LogP) is 1.91. The number of tetrazole rings is 1. The summed E-state index contributed by atoms with van der Waals surface area (Å²) in [6.45, 7) is 0.746. The van der Waals surface area contributed by atoms with Crippen LogP contribution in [0.1, 0.15) is 24.0 Å². The zero-order chi connectivity index (χ0) is 22.5. The first-order chi connectivity index (χ1) is 15.5. The predicted molar refractivity (Wildman–Crippen MR) is 126 cm³/mol. The van der Waals surface area contributed by atoms with Gasteiger partial charge < -0.3 is 16.0 Å². The van der Waals surface area contributed by atoms with E-state index in [2.05, 4.69) is 20.8 Å². The van der Waals surface area contributed by atoms with Crippen molar-refractivity contribution in [1.29, 1.82) is 0 Å². The van der Waals surface area contributed by atoms with E-state index in [0.29, 0.717) is 30.1 Å². The van der Waals surface area contributed by atoms with Crippen molar-refractivity contribution >= 4 is 35.8 Å². The normalized spacial score (nSPS) is 16.2. The Morgan fingerprint density at radius 2 is 2.00 bits per heavy atom. The number of amides is 2. The molecule has 2 heterocycles. The van der Waals surface area contributed by atoms with E-state index in [-0.39, 0.29) is 30.8 Å². The Morgan fingerprint density at radius 3 is 2.73 bits per heavy atom. The molecule has 0 spiro atoms. The van der Waals surface area contributed by atoms with E-state index in [1.54, 1.807) is 23.1 Å². The molecular weight excluding hydrogens is 465 g/mol. The molecular formula is C22H25Cl2N7O2. The smallest absolute Gasteiger partial charge is 0.243 e. The molecule has 2 amide bonds. The molecule has 1 aliphatic heterocycles. The molecule has 2 atom stereocenters. The minimum atomic E-state index is -0.690. The summed E-state index contributed by atoms with van der Waals surface area (Å²) >= 11 is 6.15. The zero-order valence-corrected chi connectivity index (χ0v) is 19.4. The number of carbonyl (C=O) groups excluding carboxylic acids is 2. The van der Waals surface area contributed by atoms with Crippen LogP contribution in [0.3, 0.4) is 0 Å². The maximum Gasteiger partial charge on any atom is 0.243 e. The lowest BCUT2D eigenvalue weighted by Crippen LogP contribution is -2.51. The first kappa shape index (κ1) is 24.6. The van der Waals surface area contributed by atoms with Gasteiger partial charge in [0.15, 0.2) is 0 Å². The summed E-state index contributed by atoms with van der Waals surface area (Å²) in [7, 11) is 0. The van der Waals surface area contributed by atoms with Gasteiger partial charge in [0, 0.05) is 18.1 Å². The van der Waals surface area contributed by atoms with Crippen LogP contribution in [0, 0.1) is 0 Å². The number of benzene rings is 2. The number of aromatic nitrogens is 4. The molecule has 1 fully saturated rings. The van der Waals surface area contributed by atoms with Crippen LogP contribution >= 0.6 is 24.0 Å². The molecule has 2 aromatic carbocycles. The average Bonchev–Trinajstić information content (AvgIpc) is 3.50. The summed E-state index contributed by atoms with van der Waals surface area (Å²) in [5.74, 6) is -0.422. The van der Waals surface area contributed by atoms with Gasteiger partial charge in [0.1, 0.15) is 12.4 Å². The van der Waals surface area contributed by atoms with Crippen LogP contribution in [-0.2, 0) is 22.6 Å². The highest BCUT2D eigenvalue weighted by atomic mass is 35.5. The van der Waals surface area contributed by atoms with E-state index < -0.39 is 12.1 Å². The third-order valence-corrected chi connectivity index (χ3v) is 5.78. The summed E-state index contributed by atoms with van der Waals surface area (Å²) in [4.78, 5) is 27.5. The molecule has 3 N–H and O–H groups in total. The fourth-order valence-electron chi connectivity index (χ4n) is 3.96. The van der Waals surface area contributed by atoms with Gasteiger partial charge in [-0.1, -0.05) is 41.9 Å². The lowest BCUT2D eigenvalue weighted by Gasteiger charge is -2.27. The van der Waals surface area contributed by atoms with Crippen LogP contribution in [0.5, 0.6) is 0 Å². The van der Waals surface area contributed by atoms with Crippen LogP contribution in [0.15, 0.2) is 54.9 Å². The number of nitrogens with two attached hydrogens (primary N) is 1. The number of nitrogens with one attached hydrogen (secondary N) is 1. The molecule has 0 radical (unpaired) electrons. The molecule has 0 saturated carbocycles. The van der Waals surface area contributed by atoms with E-state index in [1.807, 2.05) is 30.3 Å². The monoisotopic (exact) mass is 489 g/mol. The number of carbonyl (C=O) groups is 2. The lowest BCUT2D eigenvalue weighted by atomic mass is 10.1. The van der Waals surface area contributed by atoms with Crippen molar-refractivity contribution in [1.82, 2.24) is 30.4 Å². The molecule has 1 aromatic heterocycles. The van der Waals surface area contributed by atoms with Crippen molar-refractivity contribution in [3.05, 3.63) is 71.0 Å². The molecule has 0 unspecified atom stereocenters. The van der Waals surface area contributed by atoms with Crippen LogP contribution in [0.2, 0.25) is 5.02 Å². The van der Waals surface area contributed by atoms with Crippen LogP contribution < -0.4 is 11.1 Å². The largest absolute Gasteiger partial charge is 0.350 e. The zero-order valence-electron chi connectivity index (χ0n) is 17.8. The Bertz CT molecular complexity index is 1080. The van der Waals surface area contributed by atoms with E-state index >= 15 is 0 Å². The topological polar surface area (TPSA) is 119 Å². The minimum Gasteiger partial charge on any atom is -0.350 e. The molecule has 0 bridgehead atoms. The maximum absolute atomic E-state index is 13.0. The summed E-state index contributed by atoms with van der Waals surface area (Å²) in [5, 5.41) is 14.7. The Balaban J connectivity index is 0.00000306. The Morgan fingerprint density at radius 1 is 1.21 bits per heavy atom. The molecule has 174 valence electrons. The van der Waals surface area contributed by atoms with Gasteiger partial charge in [-0.25, -0.2) is 4.68 Å². The number of halogens is 2. The highest BCUT2D eigenvalue weighted by molar-refractivity contribution is 6.30. The van der Waals surface area contributed by atoms with Gasteiger partial charge in [0.2, 0.25) is 11.8 Å². The summed E-state index contributed by atoms with van der Waals surface area (Å²) in [6.07, 6.45) is 3.27. The standard InChI is InChI=1S/C22H24ClN7O2.ClH/c23-17-8-9-19(30-14-26-27-28-30)16(12-17)13-25-21(31)20-7-4-10-29(20)22(32)18(24)11-15-5-2-1-3-6-15;/h1-3,5-6,8-9,12,14,18,20H,4,7,10-11,13,24H2,(H,25,31);1H/t18-,20+;/m1./s1. The molecule has 11 heteroatoms. The van der Waals surface area contributed by atoms with E-state index in [9.17, 15) is 9.59 Å². The van der Waals surface area contributed by atoms with Crippen molar-refractivity contribution in [3.8, 4) is 5.69 Å². The molecule has 9 nitrogen and oxygen atoms in total.